The molecule has 0 aliphatic carbocycles. The second kappa shape index (κ2) is 12.6. The molecule has 12 nitrogen and oxygen atoms in total. The van der Waals surface area contributed by atoms with Crippen molar-refractivity contribution in [1.82, 2.24) is 0 Å². The Morgan fingerprint density at radius 2 is 1.50 bits per heavy atom. The quantitative estimate of drug-likeness (QED) is 0.126. The molecule has 0 amide bonds. The minimum Gasteiger partial charge on any atom is -0.780 e. The van der Waals surface area contributed by atoms with Gasteiger partial charge in [-0.05, 0) is 35.4 Å². The third kappa shape index (κ3) is 8.87. The summed E-state index contributed by atoms with van der Waals surface area (Å²) in [4.78, 5) is 31.4. The Bertz CT molecular complexity index is 1070. The summed E-state index contributed by atoms with van der Waals surface area (Å²) in [6, 6.07) is 11.1. The van der Waals surface area contributed by atoms with Crippen molar-refractivity contribution in [3.63, 3.8) is 0 Å². The van der Waals surface area contributed by atoms with Crippen LogP contribution in [-0.4, -0.2) is 78.5 Å². The summed E-state index contributed by atoms with van der Waals surface area (Å²) in [5, 5.41) is 54.5. The predicted molar refractivity (Wildman–Crippen MR) is 114 cm³/mol. The van der Waals surface area contributed by atoms with Gasteiger partial charge in [0.1, 0.15) is 31.2 Å². The smallest absolute Gasteiger partial charge is 0.780 e. The molecule has 0 fully saturated rings. The van der Waals surface area contributed by atoms with Crippen molar-refractivity contribution < 1.29 is 59.0 Å². The third-order valence-corrected chi connectivity index (χ3v) is 4.35. The van der Waals surface area contributed by atoms with Gasteiger partial charge in [0.2, 0.25) is 0 Å². The Kier molecular flexibility index (Phi) is 10.9. The zero-order chi connectivity index (χ0) is 24.8. The molecule has 3 rings (SSSR count). The van der Waals surface area contributed by atoms with Gasteiger partial charge in [-0.1, -0.05) is 24.3 Å². The second-order valence-corrected chi connectivity index (χ2v) is 7.61. The minimum atomic E-state index is -5.52. The Morgan fingerprint density at radius 1 is 0.971 bits per heavy atom. The van der Waals surface area contributed by atoms with Crippen molar-refractivity contribution in [2.45, 2.75) is 12.2 Å². The summed E-state index contributed by atoms with van der Waals surface area (Å²) in [7, 11) is -5.52. The van der Waals surface area contributed by atoms with Crippen LogP contribution in [-0.2, 0) is 18.6 Å². The number of phenolic OH excluding ortho intramolecular Hbond substituents is 3. The molecule has 178 valence electrons. The Labute approximate surface area is 209 Å². The number of rotatable bonds is 6. The predicted octanol–water partition coefficient (Wildman–Crippen LogP) is -0.527. The molecule has 1 aliphatic rings. The Hall–Kier alpha value is -2.77. The fourth-order valence-electron chi connectivity index (χ4n) is 2.50. The van der Waals surface area contributed by atoms with E-state index in [0.717, 1.165) is 5.56 Å². The van der Waals surface area contributed by atoms with E-state index in [9.17, 15) is 34.5 Å². The van der Waals surface area contributed by atoms with Crippen molar-refractivity contribution in [3.8, 4) is 17.2 Å². The number of phenols is 3. The number of hydrogen-bond donors (Lipinski definition) is 6. The number of hydrogen-bond acceptors (Lipinski definition) is 12. The van der Waals surface area contributed by atoms with Crippen molar-refractivity contribution >= 4 is 49.0 Å². The number of benzene rings is 2. The van der Waals surface area contributed by atoms with Gasteiger partial charge in [0, 0.05) is 6.07 Å². The zero-order valence-electron chi connectivity index (χ0n) is 17.3. The standard InChI is InChI=1S/C14H12O3.C6H9O9P.Mg/c15-12-5-3-10(4-6-12)1-2-11-7-13(16)9-14(17)8-11;7-1-2(8)4-3(9)5(6(10)14-4)15-16(11,12)13;/h1-9,15-17H;2,4,7-9H,1H2,(H2,11,12,13);/q;;+2/p-2/b2-1+;;/t;2-,4+;/m.0./s1. The van der Waals surface area contributed by atoms with E-state index in [1.807, 2.05) is 6.08 Å². The average Bonchev–Trinajstić information content (AvgIpc) is 2.99. The molecule has 0 aromatic heterocycles. The molecular formula is C20H19MgO12P. The zero-order valence-corrected chi connectivity index (χ0v) is 19.7. The molecule has 6 N–H and O–H groups in total. The number of aromatic hydroxyl groups is 3. The van der Waals surface area contributed by atoms with Crippen LogP contribution in [0.25, 0.3) is 12.2 Å². The van der Waals surface area contributed by atoms with Crippen molar-refractivity contribution in [1.29, 1.82) is 0 Å². The van der Waals surface area contributed by atoms with E-state index in [0.29, 0.717) is 5.56 Å². The average molecular weight is 507 g/mol. The molecule has 0 unspecified atom stereocenters. The first-order chi connectivity index (χ1) is 15.4. The molecule has 0 spiro atoms. The van der Waals surface area contributed by atoms with Gasteiger partial charge >= 0.3 is 29.0 Å². The summed E-state index contributed by atoms with van der Waals surface area (Å²) in [6.45, 7) is -0.846. The molecule has 0 saturated carbocycles. The number of aliphatic hydroxyl groups is 3. The van der Waals surface area contributed by atoms with Crippen molar-refractivity contribution in [3.05, 3.63) is 65.1 Å². The molecule has 0 saturated heterocycles. The van der Waals surface area contributed by atoms with E-state index in [1.165, 1.54) is 6.07 Å². The van der Waals surface area contributed by atoms with Crippen LogP contribution < -0.4 is 9.79 Å². The summed E-state index contributed by atoms with van der Waals surface area (Å²) in [5.74, 6) is -3.41. The maximum Gasteiger partial charge on any atom is 2.00 e. The van der Waals surface area contributed by atoms with E-state index >= 15 is 0 Å². The Morgan fingerprint density at radius 3 is 2.00 bits per heavy atom. The van der Waals surface area contributed by atoms with Gasteiger partial charge < -0.3 is 54.3 Å². The van der Waals surface area contributed by atoms with Crippen LogP contribution in [0, 0.1) is 0 Å². The van der Waals surface area contributed by atoms with E-state index < -0.39 is 44.1 Å². The van der Waals surface area contributed by atoms with Crippen LogP contribution in [0.2, 0.25) is 0 Å². The maximum atomic E-state index is 10.9. The van der Waals surface area contributed by atoms with Crippen LogP contribution >= 0.6 is 7.82 Å². The summed E-state index contributed by atoms with van der Waals surface area (Å²) in [6.07, 6.45) is 0.293. The summed E-state index contributed by atoms with van der Waals surface area (Å²) < 4.78 is 18.2. The largest absolute Gasteiger partial charge is 2.00 e. The van der Waals surface area contributed by atoms with Crippen LogP contribution in [0.15, 0.2) is 54.0 Å². The number of phosphoric acid groups is 1. The SMILES string of the molecule is O=C1O[C@H]([C@@H](O)CO)C(O)=C1OP(=O)([O-])[O-].Oc1ccc(/C=C/c2cc(O)cc(O)c2)cc1.[Mg+2]. The van der Waals surface area contributed by atoms with E-state index in [4.69, 9.17) is 15.3 Å². The molecule has 1 heterocycles. The van der Waals surface area contributed by atoms with Crippen LogP contribution in [0.4, 0.5) is 0 Å². The first-order valence-corrected chi connectivity index (χ1v) is 10.5. The fourth-order valence-corrected chi connectivity index (χ4v) is 2.89. The third-order valence-electron chi connectivity index (χ3n) is 3.95. The number of carbonyl (C=O) groups is 1. The molecule has 1 aliphatic heterocycles. The van der Waals surface area contributed by atoms with Gasteiger partial charge in [-0.3, -0.25) is 0 Å². The van der Waals surface area contributed by atoms with Crippen LogP contribution in [0.1, 0.15) is 11.1 Å². The van der Waals surface area contributed by atoms with Gasteiger partial charge in [0.15, 0.2) is 11.9 Å². The number of esters is 1. The first kappa shape index (κ1) is 29.3. The van der Waals surface area contributed by atoms with E-state index in [-0.39, 0.29) is 40.3 Å². The normalized spacial score (nSPS) is 16.4. The molecule has 0 bridgehead atoms. The number of carbonyl (C=O) groups excluding carboxylic acids is 1. The first-order valence-electron chi connectivity index (χ1n) is 9.04. The summed E-state index contributed by atoms with van der Waals surface area (Å²) in [5.41, 5.74) is 1.63. The molecule has 2 aromatic rings. The molecule has 2 aromatic carbocycles. The fraction of sp³-hybridized carbons (Fsp3) is 0.150. The second-order valence-electron chi connectivity index (χ2n) is 6.54. The molecule has 2 atom stereocenters. The molecular weight excluding hydrogens is 487 g/mol. The van der Waals surface area contributed by atoms with Gasteiger partial charge in [0.25, 0.3) is 5.76 Å². The number of ether oxygens (including phenoxy) is 1. The van der Waals surface area contributed by atoms with Crippen LogP contribution in [0.3, 0.4) is 0 Å². The summed E-state index contributed by atoms with van der Waals surface area (Å²) >= 11 is 0. The van der Waals surface area contributed by atoms with Gasteiger partial charge in [-0.2, -0.15) is 0 Å². The van der Waals surface area contributed by atoms with E-state index in [2.05, 4.69) is 9.26 Å². The van der Waals surface area contributed by atoms with Gasteiger partial charge in [-0.25, -0.2) is 4.79 Å². The topological polar surface area (TPSA) is 220 Å². The van der Waals surface area contributed by atoms with Gasteiger partial charge in [0.05, 0.1) is 6.61 Å². The number of aliphatic hydroxyl groups excluding tert-OH is 3. The molecule has 34 heavy (non-hydrogen) atoms. The molecule has 0 radical (unpaired) electrons. The minimum absolute atomic E-state index is 0. The van der Waals surface area contributed by atoms with E-state index in [1.54, 1.807) is 42.5 Å². The monoisotopic (exact) mass is 506 g/mol. The number of phosphoric ester groups is 1. The van der Waals surface area contributed by atoms with Crippen LogP contribution in [0.5, 0.6) is 17.2 Å². The molecule has 14 heteroatoms. The number of cyclic esters (lactones) is 1. The van der Waals surface area contributed by atoms with Crippen molar-refractivity contribution in [2.75, 3.05) is 6.61 Å². The Balaban J connectivity index is 0.000000331. The van der Waals surface area contributed by atoms with Gasteiger partial charge in [-0.15, -0.1) is 0 Å². The van der Waals surface area contributed by atoms with Crippen molar-refractivity contribution in [2.24, 2.45) is 0 Å². The maximum absolute atomic E-state index is 10.9.